The van der Waals surface area contributed by atoms with E-state index in [9.17, 15) is 18.0 Å². The smallest absolute Gasteiger partial charge is 0.285 e. The van der Waals surface area contributed by atoms with Gasteiger partial charge in [-0.15, -0.1) is 5.10 Å². The summed E-state index contributed by atoms with van der Waals surface area (Å²) < 4.78 is 41.0. The zero-order valence-electron chi connectivity index (χ0n) is 11.9. The molecule has 0 saturated heterocycles. The molecule has 118 valence electrons. The molecule has 23 heavy (non-hydrogen) atoms. The summed E-state index contributed by atoms with van der Waals surface area (Å²) in [6.07, 6.45) is -3.10. The Bertz CT molecular complexity index is 900. The van der Waals surface area contributed by atoms with Gasteiger partial charge in [-0.25, -0.2) is 9.48 Å². The molecule has 0 bridgehead atoms. The summed E-state index contributed by atoms with van der Waals surface area (Å²) in [6, 6.07) is 6.54. The molecule has 0 spiro atoms. The average Bonchev–Trinajstić information content (AvgIpc) is 2.81. The van der Waals surface area contributed by atoms with Crippen molar-refractivity contribution < 1.29 is 13.2 Å². The summed E-state index contributed by atoms with van der Waals surface area (Å²) in [4.78, 5) is 13.3. The molecule has 1 aromatic carbocycles. The predicted molar refractivity (Wildman–Crippen MR) is 74.7 cm³/mol. The maximum absolute atomic E-state index is 12.9. The topological polar surface area (TPSA) is 66.8 Å². The van der Waals surface area contributed by atoms with E-state index >= 15 is 0 Å². The van der Waals surface area contributed by atoms with Crippen LogP contribution in [0.2, 0.25) is 0 Å². The summed E-state index contributed by atoms with van der Waals surface area (Å²) in [5.74, 6) is 0.163. The molecule has 0 atom stereocenters. The zero-order chi connectivity index (χ0) is 16.8. The van der Waals surface area contributed by atoms with Crippen LogP contribution in [-0.4, -0.2) is 14.3 Å². The Morgan fingerprint density at radius 2 is 2.09 bits per heavy atom. The molecule has 1 aliphatic rings. The van der Waals surface area contributed by atoms with Crippen molar-refractivity contribution in [2.75, 3.05) is 4.90 Å². The molecule has 0 unspecified atom stereocenters. The first-order valence-electron chi connectivity index (χ1n) is 6.52. The fourth-order valence-electron chi connectivity index (χ4n) is 2.32. The van der Waals surface area contributed by atoms with Crippen LogP contribution in [0.4, 0.5) is 24.8 Å². The highest BCUT2D eigenvalue weighted by Gasteiger charge is 2.32. The summed E-state index contributed by atoms with van der Waals surface area (Å²) in [5, 5.41) is 13.1. The van der Waals surface area contributed by atoms with Gasteiger partial charge in [-0.2, -0.15) is 18.4 Å². The van der Waals surface area contributed by atoms with Gasteiger partial charge in [-0.1, -0.05) is 6.07 Å². The Hall–Kier alpha value is -3.02. The van der Waals surface area contributed by atoms with Gasteiger partial charge in [0.25, 0.3) is 0 Å². The maximum atomic E-state index is 12.9. The fraction of sp³-hybridized carbons (Fsp3) is 0.214. The number of nitrogens with zero attached hydrogens (tertiary/aromatic N) is 5. The quantitative estimate of drug-likeness (QED) is 0.807. The number of hydrogen-bond donors (Lipinski definition) is 0. The fourth-order valence-corrected chi connectivity index (χ4v) is 2.32. The number of hydrogen-bond acceptors (Lipinski definition) is 4. The normalized spacial score (nSPS) is 14.2. The molecule has 0 fully saturated rings. The van der Waals surface area contributed by atoms with Gasteiger partial charge < -0.3 is 0 Å². The van der Waals surface area contributed by atoms with E-state index in [4.69, 9.17) is 5.26 Å². The van der Waals surface area contributed by atoms with Crippen molar-refractivity contribution in [3.05, 3.63) is 52.1 Å². The van der Waals surface area contributed by atoms with Crippen molar-refractivity contribution in [2.45, 2.75) is 12.7 Å². The van der Waals surface area contributed by atoms with Gasteiger partial charge in [0, 0.05) is 18.9 Å². The molecule has 9 heteroatoms. The van der Waals surface area contributed by atoms with Crippen LogP contribution in [0.25, 0.3) is 0 Å². The summed E-state index contributed by atoms with van der Waals surface area (Å²) in [7, 11) is 1.43. The van der Waals surface area contributed by atoms with Crippen LogP contribution in [0.1, 0.15) is 5.56 Å². The van der Waals surface area contributed by atoms with Crippen molar-refractivity contribution in [1.29, 1.82) is 5.26 Å². The van der Waals surface area contributed by atoms with Crippen molar-refractivity contribution in [3.8, 4) is 6.07 Å². The van der Waals surface area contributed by atoms with E-state index in [1.54, 1.807) is 0 Å². The number of alkyl halides is 3. The molecule has 1 aromatic heterocycles. The van der Waals surface area contributed by atoms with Crippen LogP contribution < -0.4 is 10.6 Å². The van der Waals surface area contributed by atoms with Crippen molar-refractivity contribution >= 4 is 11.6 Å². The number of nitriles is 1. The van der Waals surface area contributed by atoms with Crippen molar-refractivity contribution in [3.63, 3.8) is 0 Å². The van der Waals surface area contributed by atoms with Gasteiger partial charge in [0.2, 0.25) is 5.95 Å². The molecule has 0 saturated carbocycles. The second-order valence-corrected chi connectivity index (χ2v) is 4.98. The van der Waals surface area contributed by atoms with Crippen LogP contribution in [0.15, 0.2) is 40.8 Å². The summed E-state index contributed by atoms with van der Waals surface area (Å²) in [5.41, 5.74) is -0.862. The van der Waals surface area contributed by atoms with E-state index < -0.39 is 17.4 Å². The Labute approximate surface area is 128 Å². The van der Waals surface area contributed by atoms with E-state index in [0.717, 1.165) is 16.8 Å². The Morgan fingerprint density at radius 3 is 2.74 bits per heavy atom. The molecule has 0 N–H and O–H groups in total. The minimum atomic E-state index is -4.49. The van der Waals surface area contributed by atoms with Gasteiger partial charge in [-0.3, -0.25) is 9.47 Å². The number of anilines is 2. The predicted octanol–water partition coefficient (Wildman–Crippen LogP) is 2.16. The number of allylic oxidation sites excluding steroid dienone is 1. The zero-order valence-corrected chi connectivity index (χ0v) is 11.9. The van der Waals surface area contributed by atoms with Gasteiger partial charge in [0.05, 0.1) is 23.8 Å². The maximum Gasteiger partial charge on any atom is 0.416 e. The second kappa shape index (κ2) is 5.01. The lowest BCUT2D eigenvalue weighted by Crippen LogP contribution is -2.28. The molecule has 2 aromatic rings. The van der Waals surface area contributed by atoms with E-state index in [1.165, 1.54) is 34.8 Å². The third-order valence-electron chi connectivity index (χ3n) is 3.41. The van der Waals surface area contributed by atoms with Gasteiger partial charge in [0.1, 0.15) is 0 Å². The standard InChI is InChI=1S/C14H10F3N5O/c1-20-13(23)22-8-9(6-18)7-21(12(22)19-20)11-4-2-3-10(5-11)14(15,16)17/h2-5,7H,8H2,1H3. The largest absolute Gasteiger partial charge is 0.416 e. The van der Waals surface area contributed by atoms with E-state index in [1.807, 2.05) is 6.07 Å². The number of halogens is 3. The molecule has 6 nitrogen and oxygen atoms in total. The highest BCUT2D eigenvalue weighted by atomic mass is 19.4. The lowest BCUT2D eigenvalue weighted by atomic mass is 10.1. The van der Waals surface area contributed by atoms with Gasteiger partial charge in [0.15, 0.2) is 0 Å². The number of aryl methyl sites for hydroxylation is 1. The molecule has 2 heterocycles. The molecule has 0 radical (unpaired) electrons. The number of aromatic nitrogens is 3. The SMILES string of the molecule is Cn1nc2n(c1=O)CC(C#N)=CN2c1cccc(C(F)(F)F)c1. The van der Waals surface area contributed by atoms with Crippen LogP contribution in [-0.2, 0) is 19.8 Å². The lowest BCUT2D eigenvalue weighted by Gasteiger charge is -2.24. The lowest BCUT2D eigenvalue weighted by molar-refractivity contribution is -0.137. The first-order valence-corrected chi connectivity index (χ1v) is 6.52. The van der Waals surface area contributed by atoms with Crippen LogP contribution in [0.3, 0.4) is 0 Å². The Balaban J connectivity index is 2.17. The molecule has 3 rings (SSSR count). The van der Waals surface area contributed by atoms with Crippen LogP contribution in [0, 0.1) is 11.3 Å². The first kappa shape index (κ1) is 14.9. The van der Waals surface area contributed by atoms with Crippen LogP contribution >= 0.6 is 0 Å². The molecular weight excluding hydrogens is 311 g/mol. The van der Waals surface area contributed by atoms with E-state index in [2.05, 4.69) is 5.10 Å². The van der Waals surface area contributed by atoms with Crippen molar-refractivity contribution in [1.82, 2.24) is 14.3 Å². The van der Waals surface area contributed by atoms with Crippen LogP contribution in [0.5, 0.6) is 0 Å². The highest BCUT2D eigenvalue weighted by Crippen LogP contribution is 2.34. The van der Waals surface area contributed by atoms with E-state index in [0.29, 0.717) is 0 Å². The number of benzene rings is 1. The summed E-state index contributed by atoms with van der Waals surface area (Å²) in [6.45, 7) is 0.0357. The number of rotatable bonds is 1. The van der Waals surface area contributed by atoms with Gasteiger partial charge >= 0.3 is 11.9 Å². The third-order valence-corrected chi connectivity index (χ3v) is 3.41. The minimum absolute atomic E-state index is 0.0357. The summed E-state index contributed by atoms with van der Waals surface area (Å²) >= 11 is 0. The molecule has 1 aliphatic heterocycles. The van der Waals surface area contributed by atoms with Crippen molar-refractivity contribution in [2.24, 2.45) is 7.05 Å². The molecular formula is C14H10F3N5O. The minimum Gasteiger partial charge on any atom is -0.285 e. The number of fused-ring (bicyclic) bond motifs is 1. The average molecular weight is 321 g/mol. The Morgan fingerprint density at radius 1 is 1.35 bits per heavy atom. The van der Waals surface area contributed by atoms with E-state index in [-0.39, 0.29) is 23.8 Å². The third kappa shape index (κ3) is 2.48. The molecule has 0 amide bonds. The highest BCUT2D eigenvalue weighted by molar-refractivity contribution is 5.64. The molecule has 0 aliphatic carbocycles. The Kier molecular flexibility index (Phi) is 3.25. The monoisotopic (exact) mass is 321 g/mol. The van der Waals surface area contributed by atoms with Gasteiger partial charge in [-0.05, 0) is 18.2 Å². The first-order chi connectivity index (χ1) is 10.8. The second-order valence-electron chi connectivity index (χ2n) is 4.98.